The summed E-state index contributed by atoms with van der Waals surface area (Å²) in [5.74, 6) is -0.0885. The van der Waals surface area contributed by atoms with Gasteiger partial charge in [-0.15, -0.1) is 0 Å². The minimum atomic E-state index is -0.328. The molecule has 1 saturated heterocycles. The molecule has 1 fully saturated rings. The first-order chi connectivity index (χ1) is 12.6. The van der Waals surface area contributed by atoms with E-state index in [1.54, 1.807) is 42.5 Å². The second-order valence-corrected chi connectivity index (χ2v) is 6.74. The topological polar surface area (TPSA) is 46.6 Å². The summed E-state index contributed by atoms with van der Waals surface area (Å²) >= 11 is 0.925. The molecule has 0 radical (unpaired) electrons. The Morgan fingerprint density at radius 1 is 1.12 bits per heavy atom. The maximum atomic E-state index is 13.7. The quantitative estimate of drug-likeness (QED) is 0.681. The van der Waals surface area contributed by atoms with Gasteiger partial charge in [-0.2, -0.15) is 0 Å². The first-order valence-corrected chi connectivity index (χ1v) is 9.12. The number of carbonyl (C=O) groups excluding carboxylic acids is 2. The zero-order valence-electron chi connectivity index (χ0n) is 14.3. The first kappa shape index (κ1) is 18.2. The third-order valence-electron chi connectivity index (χ3n) is 3.87. The van der Waals surface area contributed by atoms with Crippen LogP contribution >= 0.6 is 11.8 Å². The van der Waals surface area contributed by atoms with E-state index in [2.05, 4.69) is 0 Å². The van der Waals surface area contributed by atoms with Gasteiger partial charge in [-0.3, -0.25) is 14.5 Å². The third-order valence-corrected chi connectivity index (χ3v) is 4.77. The molecule has 1 aliphatic rings. The van der Waals surface area contributed by atoms with Crippen LogP contribution in [0, 0.1) is 5.82 Å². The number of amides is 2. The van der Waals surface area contributed by atoms with Crippen molar-refractivity contribution in [2.75, 3.05) is 6.54 Å². The van der Waals surface area contributed by atoms with Gasteiger partial charge < -0.3 is 4.74 Å². The van der Waals surface area contributed by atoms with Crippen molar-refractivity contribution in [3.05, 3.63) is 70.4 Å². The molecule has 3 rings (SSSR count). The molecule has 134 valence electrons. The number of thioether (sulfide) groups is 1. The minimum absolute atomic E-state index is 0.0782. The molecule has 0 aliphatic carbocycles. The Balaban J connectivity index is 1.80. The van der Waals surface area contributed by atoms with Crippen LogP contribution in [0.25, 0.3) is 6.08 Å². The van der Waals surface area contributed by atoms with Crippen molar-refractivity contribution in [2.24, 2.45) is 0 Å². The van der Waals surface area contributed by atoms with Crippen LogP contribution in [0.1, 0.15) is 24.5 Å². The van der Waals surface area contributed by atoms with Crippen molar-refractivity contribution >= 4 is 29.0 Å². The van der Waals surface area contributed by atoms with Gasteiger partial charge in [-0.1, -0.05) is 43.3 Å². The molecule has 0 atom stereocenters. The van der Waals surface area contributed by atoms with Crippen molar-refractivity contribution in [3.63, 3.8) is 0 Å². The van der Waals surface area contributed by atoms with E-state index in [1.165, 1.54) is 11.0 Å². The van der Waals surface area contributed by atoms with Crippen molar-refractivity contribution in [1.82, 2.24) is 4.90 Å². The summed E-state index contributed by atoms with van der Waals surface area (Å²) in [6, 6.07) is 13.6. The summed E-state index contributed by atoms with van der Waals surface area (Å²) in [6.45, 7) is 2.40. The van der Waals surface area contributed by atoms with E-state index in [0.717, 1.165) is 11.8 Å². The predicted molar refractivity (Wildman–Crippen MR) is 100 cm³/mol. The van der Waals surface area contributed by atoms with Crippen LogP contribution in [0.4, 0.5) is 9.18 Å². The molecule has 4 nitrogen and oxygen atoms in total. The van der Waals surface area contributed by atoms with Crippen LogP contribution in [0.5, 0.6) is 5.75 Å². The summed E-state index contributed by atoms with van der Waals surface area (Å²) in [7, 11) is 0. The molecular weight excluding hydrogens is 353 g/mol. The van der Waals surface area contributed by atoms with Crippen molar-refractivity contribution in [3.8, 4) is 5.75 Å². The van der Waals surface area contributed by atoms with Gasteiger partial charge in [0.15, 0.2) is 0 Å². The molecule has 0 bridgehead atoms. The largest absolute Gasteiger partial charge is 0.488 e. The average Bonchev–Trinajstić information content (AvgIpc) is 2.90. The van der Waals surface area contributed by atoms with Crippen molar-refractivity contribution in [1.29, 1.82) is 0 Å². The van der Waals surface area contributed by atoms with E-state index >= 15 is 0 Å². The highest BCUT2D eigenvalue weighted by atomic mass is 32.2. The van der Waals surface area contributed by atoms with Crippen LogP contribution < -0.4 is 4.74 Å². The van der Waals surface area contributed by atoms with E-state index in [-0.39, 0.29) is 23.6 Å². The van der Waals surface area contributed by atoms with Crippen LogP contribution in [-0.2, 0) is 11.4 Å². The second-order valence-electron chi connectivity index (χ2n) is 5.75. The highest BCUT2D eigenvalue weighted by Crippen LogP contribution is 2.34. The molecule has 0 unspecified atom stereocenters. The number of rotatable bonds is 6. The van der Waals surface area contributed by atoms with Crippen LogP contribution in [0.3, 0.4) is 0 Å². The van der Waals surface area contributed by atoms with Gasteiger partial charge in [0.2, 0.25) is 0 Å². The minimum Gasteiger partial charge on any atom is -0.488 e. The van der Waals surface area contributed by atoms with Gasteiger partial charge in [0.25, 0.3) is 11.1 Å². The smallest absolute Gasteiger partial charge is 0.293 e. The van der Waals surface area contributed by atoms with Gasteiger partial charge in [0, 0.05) is 17.7 Å². The van der Waals surface area contributed by atoms with E-state index in [1.807, 2.05) is 13.0 Å². The van der Waals surface area contributed by atoms with Gasteiger partial charge in [0.05, 0.1) is 4.91 Å². The molecule has 1 aliphatic heterocycles. The third kappa shape index (κ3) is 3.96. The lowest BCUT2D eigenvalue weighted by Gasteiger charge is -2.11. The molecule has 1 heterocycles. The normalized spacial score (nSPS) is 15.8. The monoisotopic (exact) mass is 371 g/mol. The fourth-order valence-corrected chi connectivity index (χ4v) is 3.42. The molecule has 0 spiro atoms. The molecule has 2 aromatic carbocycles. The summed E-state index contributed by atoms with van der Waals surface area (Å²) in [5.41, 5.74) is 1.12. The number of imide groups is 1. The lowest BCUT2D eigenvalue weighted by atomic mass is 10.1. The van der Waals surface area contributed by atoms with Crippen LogP contribution in [0.2, 0.25) is 0 Å². The van der Waals surface area contributed by atoms with E-state index in [4.69, 9.17) is 4.74 Å². The zero-order chi connectivity index (χ0) is 18.5. The zero-order valence-corrected chi connectivity index (χ0v) is 15.1. The maximum Gasteiger partial charge on any atom is 0.293 e. The Kier molecular flexibility index (Phi) is 5.73. The lowest BCUT2D eigenvalue weighted by molar-refractivity contribution is -0.122. The first-order valence-electron chi connectivity index (χ1n) is 8.30. The van der Waals surface area contributed by atoms with Crippen LogP contribution in [-0.4, -0.2) is 22.6 Å². The predicted octanol–water partition coefficient (Wildman–Crippen LogP) is 4.85. The fraction of sp³-hybridized carbons (Fsp3) is 0.200. The summed E-state index contributed by atoms with van der Waals surface area (Å²) < 4.78 is 19.5. The molecule has 2 aromatic rings. The Hall–Kier alpha value is -2.60. The van der Waals surface area contributed by atoms with Crippen molar-refractivity contribution < 1.29 is 18.7 Å². The van der Waals surface area contributed by atoms with E-state index < -0.39 is 0 Å². The standard InChI is InChI=1S/C20H18FNO3S/c1-2-11-22-19(23)18(26-20(22)24)12-14-7-4-6-10-17(14)25-13-15-8-3-5-9-16(15)21/h3-10,12H,2,11,13H2,1H3/b18-12+. The molecule has 0 N–H and O–H groups in total. The van der Waals surface area contributed by atoms with Gasteiger partial charge in [0.1, 0.15) is 18.2 Å². The summed E-state index contributed by atoms with van der Waals surface area (Å²) in [6.07, 6.45) is 2.37. The molecular formula is C20H18FNO3S. The number of ether oxygens (including phenoxy) is 1. The Bertz CT molecular complexity index is 866. The summed E-state index contributed by atoms with van der Waals surface area (Å²) in [4.78, 5) is 25.9. The number of hydrogen-bond acceptors (Lipinski definition) is 4. The van der Waals surface area contributed by atoms with Crippen molar-refractivity contribution in [2.45, 2.75) is 20.0 Å². The van der Waals surface area contributed by atoms with Crippen LogP contribution in [0.15, 0.2) is 53.4 Å². The number of halogens is 1. The highest BCUT2D eigenvalue weighted by molar-refractivity contribution is 8.18. The van der Waals surface area contributed by atoms with Gasteiger partial charge in [-0.05, 0) is 36.4 Å². The molecule has 6 heteroatoms. The number of para-hydroxylation sites is 1. The van der Waals surface area contributed by atoms with E-state index in [9.17, 15) is 14.0 Å². The Labute approximate surface area is 155 Å². The Morgan fingerprint density at radius 3 is 2.62 bits per heavy atom. The number of carbonyl (C=O) groups is 2. The lowest BCUT2D eigenvalue weighted by Crippen LogP contribution is -2.28. The molecule has 0 saturated carbocycles. The molecule has 0 aromatic heterocycles. The van der Waals surface area contributed by atoms with Gasteiger partial charge in [-0.25, -0.2) is 4.39 Å². The number of nitrogens with zero attached hydrogens (tertiary/aromatic N) is 1. The molecule has 26 heavy (non-hydrogen) atoms. The molecule has 2 amide bonds. The fourth-order valence-electron chi connectivity index (χ4n) is 2.56. The highest BCUT2D eigenvalue weighted by Gasteiger charge is 2.34. The van der Waals surface area contributed by atoms with E-state index in [0.29, 0.717) is 34.7 Å². The number of hydrogen-bond donors (Lipinski definition) is 0. The average molecular weight is 371 g/mol. The Morgan fingerprint density at radius 2 is 1.85 bits per heavy atom. The summed E-state index contributed by atoms with van der Waals surface area (Å²) in [5, 5.41) is -0.257. The number of benzene rings is 2. The van der Waals surface area contributed by atoms with Gasteiger partial charge >= 0.3 is 0 Å². The maximum absolute atomic E-state index is 13.7. The second kappa shape index (κ2) is 8.19. The SMILES string of the molecule is CCCN1C(=O)S/C(=C/c2ccccc2OCc2ccccc2F)C1=O.